The van der Waals surface area contributed by atoms with Crippen LogP contribution in [0.4, 0.5) is 5.69 Å². The molecule has 0 aliphatic rings. The number of nitrogens with zero attached hydrogens (tertiary/aromatic N) is 6. The largest absolute Gasteiger partial charge is 0.322 e. The molecule has 8 nitrogen and oxygen atoms in total. The molecule has 0 saturated heterocycles. The van der Waals surface area contributed by atoms with Crippen LogP contribution in [0.1, 0.15) is 30.2 Å². The van der Waals surface area contributed by atoms with Gasteiger partial charge in [0.1, 0.15) is 0 Å². The smallest absolute Gasteiger partial charge is 0.255 e. The molecule has 4 aromatic rings. The van der Waals surface area contributed by atoms with Crippen LogP contribution in [0.25, 0.3) is 17.1 Å². The minimum Gasteiger partial charge on any atom is -0.322 e. The molecule has 8 heteroatoms. The van der Waals surface area contributed by atoms with Gasteiger partial charge in [-0.2, -0.15) is 0 Å². The fourth-order valence-corrected chi connectivity index (χ4v) is 2.86. The second-order valence-electron chi connectivity index (χ2n) is 6.59. The van der Waals surface area contributed by atoms with Gasteiger partial charge in [0.25, 0.3) is 5.91 Å². The van der Waals surface area contributed by atoms with Crippen LogP contribution in [-0.4, -0.2) is 35.7 Å². The molecular weight excluding hydrogens is 354 g/mol. The summed E-state index contributed by atoms with van der Waals surface area (Å²) in [6.07, 6.45) is 5.31. The lowest BCUT2D eigenvalue weighted by atomic mass is 10.1. The fraction of sp³-hybridized carbons (Fsp3) is 0.150. The quantitative estimate of drug-likeness (QED) is 0.579. The Balaban J connectivity index is 1.53. The average Bonchev–Trinajstić information content (AvgIpc) is 3.41. The normalized spacial score (nSPS) is 11.0. The summed E-state index contributed by atoms with van der Waals surface area (Å²) in [4.78, 5) is 16.7. The number of aromatic nitrogens is 6. The first kappa shape index (κ1) is 17.6. The lowest BCUT2D eigenvalue weighted by molar-refractivity contribution is 0.102. The van der Waals surface area contributed by atoms with E-state index in [9.17, 15) is 4.79 Å². The first-order chi connectivity index (χ1) is 13.6. The van der Waals surface area contributed by atoms with Crippen LogP contribution in [-0.2, 0) is 0 Å². The molecule has 2 heterocycles. The van der Waals surface area contributed by atoms with Crippen LogP contribution in [0.5, 0.6) is 0 Å². The number of carbonyl (C=O) groups is 1. The maximum atomic E-state index is 12.7. The third kappa shape index (κ3) is 3.52. The number of carbonyl (C=O) groups excluding carboxylic acids is 1. The Hall–Kier alpha value is -3.81. The van der Waals surface area contributed by atoms with E-state index in [2.05, 4.69) is 25.8 Å². The summed E-state index contributed by atoms with van der Waals surface area (Å²) in [7, 11) is 0. The van der Waals surface area contributed by atoms with Crippen molar-refractivity contribution in [3.63, 3.8) is 0 Å². The van der Waals surface area contributed by atoms with Gasteiger partial charge in [0.2, 0.25) is 0 Å². The molecule has 4 rings (SSSR count). The monoisotopic (exact) mass is 373 g/mol. The van der Waals surface area contributed by atoms with Crippen LogP contribution in [0, 0.1) is 0 Å². The van der Waals surface area contributed by atoms with E-state index in [-0.39, 0.29) is 11.9 Å². The average molecular weight is 373 g/mol. The van der Waals surface area contributed by atoms with E-state index in [4.69, 9.17) is 0 Å². The lowest BCUT2D eigenvalue weighted by Crippen LogP contribution is -2.12. The summed E-state index contributed by atoms with van der Waals surface area (Å²) >= 11 is 0. The highest BCUT2D eigenvalue weighted by Gasteiger charge is 2.14. The third-order valence-corrected chi connectivity index (χ3v) is 4.29. The fourth-order valence-electron chi connectivity index (χ4n) is 2.86. The van der Waals surface area contributed by atoms with Crippen LogP contribution in [0.2, 0.25) is 0 Å². The van der Waals surface area contributed by atoms with Crippen LogP contribution in [0.15, 0.2) is 67.3 Å². The zero-order valence-electron chi connectivity index (χ0n) is 15.5. The number of tetrazole rings is 1. The second kappa shape index (κ2) is 7.43. The summed E-state index contributed by atoms with van der Waals surface area (Å²) < 4.78 is 3.62. The van der Waals surface area contributed by atoms with E-state index in [1.165, 1.54) is 0 Å². The first-order valence-corrected chi connectivity index (χ1v) is 8.90. The van der Waals surface area contributed by atoms with Crippen molar-refractivity contribution in [1.82, 2.24) is 29.8 Å². The Morgan fingerprint density at radius 3 is 2.64 bits per heavy atom. The summed E-state index contributed by atoms with van der Waals surface area (Å²) in [5, 5.41) is 14.8. The van der Waals surface area contributed by atoms with Gasteiger partial charge in [-0.15, -0.1) is 5.10 Å². The molecule has 0 radical (unpaired) electrons. The van der Waals surface area contributed by atoms with Crippen LogP contribution >= 0.6 is 0 Å². The molecule has 0 aliphatic heterocycles. The number of anilines is 1. The van der Waals surface area contributed by atoms with Gasteiger partial charge in [0, 0.05) is 34.9 Å². The number of imidazole rings is 1. The maximum Gasteiger partial charge on any atom is 0.255 e. The van der Waals surface area contributed by atoms with Crippen molar-refractivity contribution in [2.24, 2.45) is 0 Å². The van der Waals surface area contributed by atoms with Gasteiger partial charge in [0.15, 0.2) is 5.82 Å². The van der Waals surface area contributed by atoms with Crippen molar-refractivity contribution in [3.8, 4) is 17.1 Å². The lowest BCUT2D eigenvalue weighted by Gasteiger charge is -2.10. The molecule has 0 fully saturated rings. The first-order valence-electron chi connectivity index (χ1n) is 8.90. The van der Waals surface area contributed by atoms with Gasteiger partial charge >= 0.3 is 0 Å². The van der Waals surface area contributed by atoms with Gasteiger partial charge in [-0.25, -0.2) is 9.67 Å². The molecular formula is C20H19N7O. The molecule has 0 bridgehead atoms. The third-order valence-electron chi connectivity index (χ3n) is 4.29. The Labute approximate surface area is 161 Å². The van der Waals surface area contributed by atoms with Crippen LogP contribution in [0.3, 0.4) is 0 Å². The Morgan fingerprint density at radius 2 is 1.93 bits per heavy atom. The molecule has 0 saturated carbocycles. The number of hydrogen-bond acceptors (Lipinski definition) is 5. The molecule has 1 N–H and O–H groups in total. The molecule has 28 heavy (non-hydrogen) atoms. The predicted octanol–water partition coefficient (Wildman–Crippen LogP) is 3.36. The molecule has 0 atom stereocenters. The molecule has 0 unspecified atom stereocenters. The second-order valence-corrected chi connectivity index (χ2v) is 6.59. The van der Waals surface area contributed by atoms with Crippen LogP contribution < -0.4 is 5.32 Å². The highest BCUT2D eigenvalue weighted by Crippen LogP contribution is 2.21. The number of benzene rings is 2. The minimum atomic E-state index is -0.194. The molecule has 2 aromatic carbocycles. The topological polar surface area (TPSA) is 90.5 Å². The van der Waals surface area contributed by atoms with E-state index in [1.54, 1.807) is 29.3 Å². The van der Waals surface area contributed by atoms with E-state index >= 15 is 0 Å². The maximum absolute atomic E-state index is 12.7. The minimum absolute atomic E-state index is 0.122. The van der Waals surface area contributed by atoms with Crippen molar-refractivity contribution in [1.29, 1.82) is 0 Å². The summed E-state index contributed by atoms with van der Waals surface area (Å²) in [6.45, 7) is 4.01. The summed E-state index contributed by atoms with van der Waals surface area (Å²) in [5.74, 6) is 0.440. The van der Waals surface area contributed by atoms with Gasteiger partial charge in [-0.3, -0.25) is 4.79 Å². The van der Waals surface area contributed by atoms with E-state index in [1.807, 2.05) is 61.0 Å². The highest BCUT2D eigenvalue weighted by atomic mass is 16.1. The molecule has 140 valence electrons. The van der Waals surface area contributed by atoms with E-state index < -0.39 is 0 Å². The van der Waals surface area contributed by atoms with Crippen molar-refractivity contribution in [3.05, 3.63) is 72.8 Å². The Morgan fingerprint density at radius 1 is 1.11 bits per heavy atom. The standard InChI is InChI=1S/C20H19N7O/c1-14(2)27-19(23-24-25-27)15-4-3-5-16(12-15)20(28)22-17-6-8-18(9-7-17)26-11-10-21-13-26/h3-14H,1-2H3,(H,22,28). The summed E-state index contributed by atoms with van der Waals surface area (Å²) in [6, 6.07) is 15.0. The Bertz CT molecular complexity index is 1080. The van der Waals surface area contributed by atoms with Crippen molar-refractivity contribution in [2.45, 2.75) is 19.9 Å². The molecule has 0 aliphatic carbocycles. The molecule has 2 aromatic heterocycles. The van der Waals surface area contributed by atoms with E-state index in [0.29, 0.717) is 17.1 Å². The predicted molar refractivity (Wildman–Crippen MR) is 105 cm³/mol. The van der Waals surface area contributed by atoms with Crippen molar-refractivity contribution < 1.29 is 4.79 Å². The number of nitrogens with one attached hydrogen (secondary N) is 1. The zero-order valence-corrected chi connectivity index (χ0v) is 15.5. The Kier molecular flexibility index (Phi) is 4.67. The molecule has 1 amide bonds. The van der Waals surface area contributed by atoms with Crippen molar-refractivity contribution in [2.75, 3.05) is 5.32 Å². The zero-order chi connectivity index (χ0) is 19.5. The van der Waals surface area contributed by atoms with Gasteiger partial charge in [-0.1, -0.05) is 12.1 Å². The SMILES string of the molecule is CC(C)n1nnnc1-c1cccc(C(=O)Nc2ccc(-n3ccnc3)cc2)c1. The van der Waals surface area contributed by atoms with Gasteiger partial charge < -0.3 is 9.88 Å². The molecule has 0 spiro atoms. The summed E-state index contributed by atoms with van der Waals surface area (Å²) in [5.41, 5.74) is 3.01. The van der Waals surface area contributed by atoms with Gasteiger partial charge in [-0.05, 0) is 60.7 Å². The van der Waals surface area contributed by atoms with Gasteiger partial charge in [0.05, 0.1) is 12.4 Å². The number of hydrogen-bond donors (Lipinski definition) is 1. The highest BCUT2D eigenvalue weighted by molar-refractivity contribution is 6.04. The van der Waals surface area contributed by atoms with E-state index in [0.717, 1.165) is 11.3 Å². The number of amides is 1. The number of rotatable bonds is 5. The van der Waals surface area contributed by atoms with Crippen molar-refractivity contribution >= 4 is 11.6 Å².